The summed E-state index contributed by atoms with van der Waals surface area (Å²) in [4.78, 5) is -0.580. The van der Waals surface area contributed by atoms with Crippen LogP contribution in [-0.2, 0) is 0 Å². The molecule has 0 saturated carbocycles. The molecule has 1 rings (SSSR count). The Morgan fingerprint density at radius 3 is 2.82 bits per heavy atom. The van der Waals surface area contributed by atoms with Crippen molar-refractivity contribution in [2.45, 2.75) is 17.3 Å². The molecule has 0 amide bonds. The molecule has 0 bridgehead atoms. The first kappa shape index (κ1) is 8.78. The monoisotopic (exact) mass is 173 g/mol. The van der Waals surface area contributed by atoms with Crippen LogP contribution in [0.5, 0.6) is 0 Å². The highest BCUT2D eigenvalue weighted by atomic mass is 35.5. The molecule has 3 heteroatoms. The Labute approximate surface area is 71.3 Å². The van der Waals surface area contributed by atoms with E-state index in [0.29, 0.717) is 6.42 Å². The summed E-state index contributed by atoms with van der Waals surface area (Å²) in [6.45, 7) is 0.0649. The highest BCUT2D eigenvalue weighted by Crippen LogP contribution is 2.27. The van der Waals surface area contributed by atoms with Crippen molar-refractivity contribution in [3.8, 4) is 0 Å². The second kappa shape index (κ2) is 3.39. The van der Waals surface area contributed by atoms with Gasteiger partial charge in [-0.2, -0.15) is 0 Å². The number of aliphatic hydroxyl groups is 1. The van der Waals surface area contributed by atoms with Gasteiger partial charge in [0.05, 0.1) is 4.87 Å². The van der Waals surface area contributed by atoms with Gasteiger partial charge in [-0.1, -0.05) is 24.3 Å². The molecule has 0 heterocycles. The average molecular weight is 174 g/mol. The molecule has 0 aromatic rings. The summed E-state index contributed by atoms with van der Waals surface area (Å²) in [6, 6.07) is -0.193. The molecule has 0 aromatic carbocycles. The first-order chi connectivity index (χ1) is 5.19. The van der Waals surface area contributed by atoms with E-state index in [2.05, 4.69) is 0 Å². The lowest BCUT2D eigenvalue weighted by Gasteiger charge is -2.29. The third-order valence-electron chi connectivity index (χ3n) is 1.85. The van der Waals surface area contributed by atoms with Crippen LogP contribution in [-0.4, -0.2) is 22.6 Å². The van der Waals surface area contributed by atoms with Gasteiger partial charge in [-0.25, -0.2) is 0 Å². The largest absolute Gasteiger partial charge is 0.396 e. The fourth-order valence-corrected chi connectivity index (χ4v) is 1.32. The Morgan fingerprint density at radius 2 is 2.27 bits per heavy atom. The quantitative estimate of drug-likeness (QED) is 0.607. The van der Waals surface area contributed by atoms with Crippen molar-refractivity contribution in [2.24, 2.45) is 5.73 Å². The lowest BCUT2D eigenvalue weighted by Crippen LogP contribution is -2.42. The van der Waals surface area contributed by atoms with E-state index < -0.39 is 4.87 Å². The predicted molar refractivity (Wildman–Crippen MR) is 46.5 cm³/mol. The first-order valence-corrected chi connectivity index (χ1v) is 3.98. The summed E-state index contributed by atoms with van der Waals surface area (Å²) in [7, 11) is 0. The molecule has 0 spiro atoms. The Morgan fingerprint density at radius 1 is 1.55 bits per heavy atom. The molecule has 0 radical (unpaired) electrons. The van der Waals surface area contributed by atoms with Gasteiger partial charge in [-0.05, 0) is 6.42 Å². The molecule has 1 aliphatic rings. The molecule has 1 aliphatic carbocycles. The molecule has 0 aromatic heterocycles. The van der Waals surface area contributed by atoms with Crippen LogP contribution < -0.4 is 5.73 Å². The van der Waals surface area contributed by atoms with Crippen molar-refractivity contribution < 1.29 is 5.11 Å². The Bertz CT molecular complexity index is 191. The van der Waals surface area contributed by atoms with E-state index in [1.54, 1.807) is 0 Å². The minimum atomic E-state index is -0.580. The minimum absolute atomic E-state index is 0.0649. The highest BCUT2D eigenvalue weighted by Gasteiger charge is 2.30. The number of nitrogens with two attached hydrogens (primary N) is 1. The van der Waals surface area contributed by atoms with Gasteiger partial charge in [0.25, 0.3) is 0 Å². The van der Waals surface area contributed by atoms with E-state index in [-0.39, 0.29) is 12.6 Å². The minimum Gasteiger partial charge on any atom is -0.396 e. The normalized spacial score (nSPS) is 36.1. The third kappa shape index (κ3) is 1.83. The molecule has 2 nitrogen and oxygen atoms in total. The molecule has 0 saturated heterocycles. The SMILES string of the molecule is NC1C=CC=CC1(Cl)CCO. The van der Waals surface area contributed by atoms with Gasteiger partial charge in [0, 0.05) is 12.6 Å². The van der Waals surface area contributed by atoms with Gasteiger partial charge in [-0.3, -0.25) is 0 Å². The van der Waals surface area contributed by atoms with Gasteiger partial charge in [0.2, 0.25) is 0 Å². The molecule has 3 N–H and O–H groups in total. The number of aliphatic hydroxyl groups excluding tert-OH is 1. The molecule has 0 fully saturated rings. The maximum atomic E-state index is 8.70. The van der Waals surface area contributed by atoms with Crippen molar-refractivity contribution in [3.05, 3.63) is 24.3 Å². The standard InChI is InChI=1S/C8H12ClNO/c9-8(5-6-11)4-2-1-3-7(8)10/h1-4,7,11H,5-6,10H2. The van der Waals surface area contributed by atoms with Gasteiger partial charge in [-0.15, -0.1) is 11.6 Å². The average Bonchev–Trinajstić information content (AvgIpc) is 1.96. The third-order valence-corrected chi connectivity index (χ3v) is 2.42. The van der Waals surface area contributed by atoms with E-state index in [0.717, 1.165) is 0 Å². The smallest absolute Gasteiger partial charge is 0.0837 e. The number of alkyl halides is 1. The van der Waals surface area contributed by atoms with Gasteiger partial charge < -0.3 is 10.8 Å². The summed E-state index contributed by atoms with van der Waals surface area (Å²) in [6.07, 6.45) is 7.88. The molecule has 2 unspecified atom stereocenters. The second-order valence-electron chi connectivity index (χ2n) is 2.67. The molecule has 62 valence electrons. The van der Waals surface area contributed by atoms with Crippen molar-refractivity contribution in [3.63, 3.8) is 0 Å². The molecular formula is C8H12ClNO. The number of rotatable bonds is 2. The van der Waals surface area contributed by atoms with Crippen molar-refractivity contribution in [1.82, 2.24) is 0 Å². The zero-order valence-electron chi connectivity index (χ0n) is 6.20. The van der Waals surface area contributed by atoms with Crippen LogP contribution in [0.2, 0.25) is 0 Å². The van der Waals surface area contributed by atoms with E-state index in [1.165, 1.54) is 0 Å². The van der Waals surface area contributed by atoms with Crippen LogP contribution in [0.4, 0.5) is 0 Å². The predicted octanol–water partition coefficient (Wildman–Crippen LogP) is 0.800. The topological polar surface area (TPSA) is 46.2 Å². The van der Waals surface area contributed by atoms with Gasteiger partial charge in [0.1, 0.15) is 0 Å². The summed E-state index contributed by atoms with van der Waals surface area (Å²) < 4.78 is 0. The number of halogens is 1. The van der Waals surface area contributed by atoms with E-state index >= 15 is 0 Å². The summed E-state index contributed by atoms with van der Waals surface area (Å²) in [5.74, 6) is 0. The Hall–Kier alpha value is -0.310. The van der Waals surface area contributed by atoms with Crippen LogP contribution in [0.1, 0.15) is 6.42 Å². The Kier molecular flexibility index (Phi) is 2.71. The summed E-state index contributed by atoms with van der Waals surface area (Å²) in [5.41, 5.74) is 5.72. The second-order valence-corrected chi connectivity index (χ2v) is 3.37. The zero-order chi connectivity index (χ0) is 8.32. The zero-order valence-corrected chi connectivity index (χ0v) is 6.96. The summed E-state index contributed by atoms with van der Waals surface area (Å²) >= 11 is 6.10. The fourth-order valence-electron chi connectivity index (χ4n) is 1.09. The van der Waals surface area contributed by atoms with Crippen molar-refractivity contribution in [2.75, 3.05) is 6.61 Å². The van der Waals surface area contributed by atoms with Crippen LogP contribution in [0.3, 0.4) is 0 Å². The summed E-state index contributed by atoms with van der Waals surface area (Å²) in [5, 5.41) is 8.70. The van der Waals surface area contributed by atoms with E-state index in [1.807, 2.05) is 24.3 Å². The number of allylic oxidation sites excluding steroid dienone is 2. The van der Waals surface area contributed by atoms with Crippen molar-refractivity contribution in [1.29, 1.82) is 0 Å². The molecular weight excluding hydrogens is 162 g/mol. The maximum Gasteiger partial charge on any atom is 0.0837 e. The molecule has 0 aliphatic heterocycles. The fraction of sp³-hybridized carbons (Fsp3) is 0.500. The van der Waals surface area contributed by atoms with Crippen LogP contribution in [0, 0.1) is 0 Å². The first-order valence-electron chi connectivity index (χ1n) is 3.60. The van der Waals surface area contributed by atoms with Crippen LogP contribution >= 0.6 is 11.6 Å². The lowest BCUT2D eigenvalue weighted by atomic mass is 9.92. The van der Waals surface area contributed by atoms with Crippen molar-refractivity contribution >= 4 is 11.6 Å². The van der Waals surface area contributed by atoms with Gasteiger partial charge in [0.15, 0.2) is 0 Å². The number of hydrogen-bond acceptors (Lipinski definition) is 2. The van der Waals surface area contributed by atoms with Crippen LogP contribution in [0.15, 0.2) is 24.3 Å². The maximum absolute atomic E-state index is 8.70. The Balaban J connectivity index is 2.68. The van der Waals surface area contributed by atoms with E-state index in [9.17, 15) is 0 Å². The lowest BCUT2D eigenvalue weighted by molar-refractivity contribution is 0.271. The molecule has 11 heavy (non-hydrogen) atoms. The number of hydrogen-bond donors (Lipinski definition) is 2. The van der Waals surface area contributed by atoms with E-state index in [4.69, 9.17) is 22.4 Å². The highest BCUT2D eigenvalue weighted by molar-refractivity contribution is 6.26. The van der Waals surface area contributed by atoms with Gasteiger partial charge >= 0.3 is 0 Å². The van der Waals surface area contributed by atoms with Crippen LogP contribution in [0.25, 0.3) is 0 Å². The molecule has 2 atom stereocenters.